The average molecular weight is 346 g/mol. The van der Waals surface area contributed by atoms with E-state index >= 15 is 0 Å². The minimum absolute atomic E-state index is 0.0689. The quantitative estimate of drug-likeness (QED) is 0.881. The fourth-order valence-corrected chi connectivity index (χ4v) is 3.04. The van der Waals surface area contributed by atoms with Gasteiger partial charge in [0.15, 0.2) is 5.17 Å². The van der Waals surface area contributed by atoms with Gasteiger partial charge in [-0.05, 0) is 25.1 Å². The summed E-state index contributed by atoms with van der Waals surface area (Å²) in [5, 5.41) is 6.22. The lowest BCUT2D eigenvalue weighted by atomic mass is 10.2. The number of benzene rings is 1. The number of amides is 2. The predicted octanol–water partition coefficient (Wildman–Crippen LogP) is 2.93. The van der Waals surface area contributed by atoms with Crippen LogP contribution >= 0.6 is 35.0 Å². The first-order valence-corrected chi connectivity index (χ1v) is 7.90. The summed E-state index contributed by atoms with van der Waals surface area (Å²) in [6, 6.07) is 4.81. The number of halogens is 2. The molecular formula is C13H13Cl2N3O2S. The molecule has 2 N–H and O–H groups in total. The standard InChI is InChI=1S/C13H13Cl2N3O2S/c1-2-16-13-18-12(20)10(21-13)6-11(19)17-7-3-4-8(14)9(15)5-7/h3-5,10H,2,6H2,1H3,(H,17,19)(H,16,18,20)/t10-/m0/s1. The Morgan fingerprint density at radius 3 is 2.86 bits per heavy atom. The fraction of sp³-hybridized carbons (Fsp3) is 0.308. The van der Waals surface area contributed by atoms with Crippen molar-refractivity contribution >= 4 is 57.6 Å². The molecule has 5 nitrogen and oxygen atoms in total. The van der Waals surface area contributed by atoms with E-state index in [1.165, 1.54) is 11.8 Å². The molecule has 1 saturated heterocycles. The highest BCUT2D eigenvalue weighted by atomic mass is 35.5. The summed E-state index contributed by atoms with van der Waals surface area (Å²) in [4.78, 5) is 27.8. The number of rotatable bonds is 4. The van der Waals surface area contributed by atoms with Crippen LogP contribution in [-0.2, 0) is 9.59 Å². The highest BCUT2D eigenvalue weighted by Crippen LogP contribution is 2.26. The second-order valence-corrected chi connectivity index (χ2v) is 6.26. The van der Waals surface area contributed by atoms with Crippen molar-refractivity contribution in [2.75, 3.05) is 11.9 Å². The largest absolute Gasteiger partial charge is 0.326 e. The van der Waals surface area contributed by atoms with Gasteiger partial charge in [-0.15, -0.1) is 0 Å². The third kappa shape index (κ3) is 4.36. The van der Waals surface area contributed by atoms with Gasteiger partial charge in [0, 0.05) is 18.7 Å². The highest BCUT2D eigenvalue weighted by Gasteiger charge is 2.31. The van der Waals surface area contributed by atoms with Gasteiger partial charge in [-0.1, -0.05) is 35.0 Å². The third-order valence-corrected chi connectivity index (χ3v) is 4.51. The normalized spacial score (nSPS) is 19.7. The number of hydrogen-bond acceptors (Lipinski definition) is 4. The summed E-state index contributed by atoms with van der Waals surface area (Å²) in [5.74, 6) is -0.463. The zero-order valence-corrected chi connectivity index (χ0v) is 13.5. The van der Waals surface area contributed by atoms with Gasteiger partial charge in [-0.3, -0.25) is 14.6 Å². The Kier molecular flexibility index (Phi) is 5.50. The number of carbonyl (C=O) groups is 2. The monoisotopic (exact) mass is 345 g/mol. The van der Waals surface area contributed by atoms with Crippen LogP contribution in [0.3, 0.4) is 0 Å². The van der Waals surface area contributed by atoms with Crippen molar-refractivity contribution in [2.24, 2.45) is 4.99 Å². The van der Waals surface area contributed by atoms with Crippen molar-refractivity contribution < 1.29 is 9.59 Å². The second kappa shape index (κ2) is 7.15. The Bertz CT molecular complexity index is 607. The van der Waals surface area contributed by atoms with Crippen molar-refractivity contribution in [2.45, 2.75) is 18.6 Å². The van der Waals surface area contributed by atoms with Gasteiger partial charge in [-0.25, -0.2) is 0 Å². The molecule has 0 spiro atoms. The molecule has 1 heterocycles. The Balaban J connectivity index is 1.94. The molecule has 0 bridgehead atoms. The van der Waals surface area contributed by atoms with Crippen molar-refractivity contribution in [3.63, 3.8) is 0 Å². The average Bonchev–Trinajstić information content (AvgIpc) is 2.74. The van der Waals surface area contributed by atoms with E-state index < -0.39 is 5.25 Å². The Morgan fingerprint density at radius 2 is 2.19 bits per heavy atom. The number of nitrogens with zero attached hydrogens (tertiary/aromatic N) is 1. The number of nitrogens with one attached hydrogen (secondary N) is 2. The van der Waals surface area contributed by atoms with E-state index in [2.05, 4.69) is 15.6 Å². The van der Waals surface area contributed by atoms with E-state index in [9.17, 15) is 9.59 Å². The zero-order chi connectivity index (χ0) is 15.4. The molecule has 0 aromatic heterocycles. The smallest absolute Gasteiger partial charge is 0.240 e. The van der Waals surface area contributed by atoms with Crippen molar-refractivity contribution in [3.8, 4) is 0 Å². The molecule has 1 aliphatic heterocycles. The van der Waals surface area contributed by atoms with E-state index in [4.69, 9.17) is 23.2 Å². The number of aliphatic imine (C=N–C) groups is 1. The summed E-state index contributed by atoms with van der Waals surface area (Å²) < 4.78 is 0. The van der Waals surface area contributed by atoms with Crippen molar-refractivity contribution in [3.05, 3.63) is 28.2 Å². The van der Waals surface area contributed by atoms with E-state index in [1.807, 2.05) is 6.92 Å². The van der Waals surface area contributed by atoms with Crippen LogP contribution in [0.25, 0.3) is 0 Å². The van der Waals surface area contributed by atoms with Gasteiger partial charge in [-0.2, -0.15) is 0 Å². The molecule has 2 amide bonds. The van der Waals surface area contributed by atoms with E-state index in [0.29, 0.717) is 27.4 Å². The third-order valence-electron chi connectivity index (χ3n) is 2.65. The number of carbonyl (C=O) groups excluding carboxylic acids is 2. The molecule has 0 saturated carbocycles. The Labute approximate surface area is 136 Å². The Hall–Kier alpha value is -1.24. The predicted molar refractivity (Wildman–Crippen MR) is 87.2 cm³/mol. The lowest BCUT2D eigenvalue weighted by Gasteiger charge is -2.08. The van der Waals surface area contributed by atoms with Crippen molar-refractivity contribution in [1.29, 1.82) is 0 Å². The number of amidine groups is 1. The van der Waals surface area contributed by atoms with Gasteiger partial charge < -0.3 is 10.6 Å². The first-order chi connectivity index (χ1) is 9.99. The first kappa shape index (κ1) is 16.1. The summed E-state index contributed by atoms with van der Waals surface area (Å²) in [5.41, 5.74) is 0.542. The molecule has 1 aliphatic rings. The van der Waals surface area contributed by atoms with Crippen LogP contribution in [0, 0.1) is 0 Å². The maximum atomic E-state index is 12.0. The molecule has 0 radical (unpaired) electrons. The summed E-state index contributed by atoms with van der Waals surface area (Å²) in [6.45, 7) is 2.47. The second-order valence-electron chi connectivity index (χ2n) is 4.26. The first-order valence-electron chi connectivity index (χ1n) is 6.26. The van der Waals surface area contributed by atoms with Gasteiger partial charge in [0.25, 0.3) is 0 Å². The van der Waals surface area contributed by atoms with Gasteiger partial charge in [0.05, 0.1) is 10.0 Å². The van der Waals surface area contributed by atoms with Crippen LogP contribution in [0.4, 0.5) is 5.69 Å². The summed E-state index contributed by atoms with van der Waals surface area (Å²) in [6.07, 6.45) is 0.0689. The molecule has 1 aromatic rings. The van der Waals surface area contributed by atoms with Crippen molar-refractivity contribution in [1.82, 2.24) is 5.32 Å². The lowest BCUT2D eigenvalue weighted by molar-refractivity contribution is -0.122. The maximum Gasteiger partial charge on any atom is 0.240 e. The molecule has 8 heteroatoms. The lowest BCUT2D eigenvalue weighted by Crippen LogP contribution is -2.28. The van der Waals surface area contributed by atoms with E-state index in [0.717, 1.165) is 0 Å². The minimum Gasteiger partial charge on any atom is -0.326 e. The van der Waals surface area contributed by atoms with Crippen LogP contribution in [0.1, 0.15) is 13.3 Å². The number of thioether (sulfide) groups is 1. The van der Waals surface area contributed by atoms with Crippen LogP contribution in [0.5, 0.6) is 0 Å². The molecule has 0 aliphatic carbocycles. The molecule has 1 aromatic carbocycles. The molecule has 0 unspecified atom stereocenters. The van der Waals surface area contributed by atoms with Gasteiger partial charge in [0.1, 0.15) is 5.25 Å². The molecule has 21 heavy (non-hydrogen) atoms. The van der Waals surface area contributed by atoms with Gasteiger partial charge >= 0.3 is 0 Å². The summed E-state index contributed by atoms with van der Waals surface area (Å²) in [7, 11) is 0. The number of anilines is 1. The highest BCUT2D eigenvalue weighted by molar-refractivity contribution is 8.15. The van der Waals surface area contributed by atoms with Crippen LogP contribution < -0.4 is 10.6 Å². The summed E-state index contributed by atoms with van der Waals surface area (Å²) >= 11 is 13.0. The molecule has 1 atom stereocenters. The molecule has 2 rings (SSSR count). The van der Waals surface area contributed by atoms with E-state index in [-0.39, 0.29) is 18.2 Å². The van der Waals surface area contributed by atoms with E-state index in [1.54, 1.807) is 18.2 Å². The van der Waals surface area contributed by atoms with Crippen LogP contribution in [0.15, 0.2) is 23.2 Å². The number of hydrogen-bond donors (Lipinski definition) is 2. The fourth-order valence-electron chi connectivity index (χ4n) is 1.71. The molecular weight excluding hydrogens is 333 g/mol. The van der Waals surface area contributed by atoms with Crippen LogP contribution in [0.2, 0.25) is 10.0 Å². The maximum absolute atomic E-state index is 12.0. The van der Waals surface area contributed by atoms with Gasteiger partial charge in [0.2, 0.25) is 11.8 Å². The molecule has 112 valence electrons. The van der Waals surface area contributed by atoms with Crippen LogP contribution in [-0.4, -0.2) is 28.8 Å². The minimum atomic E-state index is -0.460. The SMILES string of the molecule is CCN=C1NC(=O)[C@H](CC(=O)Nc2ccc(Cl)c(Cl)c2)S1. The zero-order valence-electron chi connectivity index (χ0n) is 11.2. The molecule has 1 fully saturated rings. The topological polar surface area (TPSA) is 70.6 Å². The Morgan fingerprint density at radius 1 is 1.43 bits per heavy atom.